The van der Waals surface area contributed by atoms with Crippen LogP contribution in [-0.2, 0) is 0 Å². The summed E-state index contributed by atoms with van der Waals surface area (Å²) < 4.78 is 13.4. The van der Waals surface area contributed by atoms with E-state index in [0.717, 1.165) is 12.5 Å². The SMILES string of the molecule is CCCC(O)CNC(=O)c1cc(N)c(C)c(F)c1. The molecule has 1 unspecified atom stereocenters. The number of amides is 1. The van der Waals surface area contributed by atoms with Gasteiger partial charge in [0.15, 0.2) is 0 Å². The van der Waals surface area contributed by atoms with E-state index in [1.165, 1.54) is 6.07 Å². The number of hydrogen-bond donors (Lipinski definition) is 3. The monoisotopic (exact) mass is 254 g/mol. The normalized spacial score (nSPS) is 12.2. The third kappa shape index (κ3) is 3.70. The van der Waals surface area contributed by atoms with Gasteiger partial charge in [-0.15, -0.1) is 0 Å². The number of halogens is 1. The van der Waals surface area contributed by atoms with Crippen molar-refractivity contribution in [2.45, 2.75) is 32.8 Å². The number of aliphatic hydroxyl groups is 1. The van der Waals surface area contributed by atoms with E-state index < -0.39 is 17.8 Å². The van der Waals surface area contributed by atoms with Gasteiger partial charge in [0, 0.05) is 23.4 Å². The number of nitrogens with two attached hydrogens (primary N) is 1. The number of rotatable bonds is 5. The van der Waals surface area contributed by atoms with E-state index >= 15 is 0 Å². The Morgan fingerprint density at radius 3 is 2.78 bits per heavy atom. The van der Waals surface area contributed by atoms with E-state index in [4.69, 9.17) is 5.73 Å². The summed E-state index contributed by atoms with van der Waals surface area (Å²) in [7, 11) is 0. The van der Waals surface area contributed by atoms with Crippen LogP contribution in [0.5, 0.6) is 0 Å². The summed E-state index contributed by atoms with van der Waals surface area (Å²) >= 11 is 0. The van der Waals surface area contributed by atoms with Gasteiger partial charge in [-0.25, -0.2) is 4.39 Å². The van der Waals surface area contributed by atoms with Crippen molar-refractivity contribution in [2.75, 3.05) is 12.3 Å². The van der Waals surface area contributed by atoms with Crippen LogP contribution in [0.15, 0.2) is 12.1 Å². The summed E-state index contributed by atoms with van der Waals surface area (Å²) in [5.74, 6) is -0.940. The fourth-order valence-corrected chi connectivity index (χ4v) is 1.58. The minimum Gasteiger partial charge on any atom is -0.398 e. The maximum Gasteiger partial charge on any atom is 0.251 e. The minimum absolute atomic E-state index is 0.155. The molecule has 1 aromatic rings. The molecule has 1 rings (SSSR count). The summed E-state index contributed by atoms with van der Waals surface area (Å²) in [5, 5.41) is 12.0. The largest absolute Gasteiger partial charge is 0.398 e. The Hall–Kier alpha value is -1.62. The molecule has 0 radical (unpaired) electrons. The molecule has 4 N–H and O–H groups in total. The zero-order valence-electron chi connectivity index (χ0n) is 10.7. The molecule has 0 spiro atoms. The standard InChI is InChI=1S/C13H19FN2O2/c1-3-4-10(17)7-16-13(18)9-5-11(14)8(2)12(15)6-9/h5-6,10,17H,3-4,7,15H2,1-2H3,(H,16,18). The summed E-state index contributed by atoms with van der Waals surface area (Å²) in [5.41, 5.74) is 6.34. The van der Waals surface area contributed by atoms with E-state index in [1.807, 2.05) is 6.92 Å². The molecule has 0 saturated heterocycles. The highest BCUT2D eigenvalue weighted by Gasteiger charge is 2.12. The van der Waals surface area contributed by atoms with Crippen molar-refractivity contribution < 1.29 is 14.3 Å². The minimum atomic E-state index is -0.577. The molecule has 4 nitrogen and oxygen atoms in total. The first kappa shape index (κ1) is 14.4. The van der Waals surface area contributed by atoms with Gasteiger partial charge in [-0.05, 0) is 25.5 Å². The highest BCUT2D eigenvalue weighted by Crippen LogP contribution is 2.17. The smallest absolute Gasteiger partial charge is 0.251 e. The Morgan fingerprint density at radius 2 is 2.22 bits per heavy atom. The highest BCUT2D eigenvalue weighted by molar-refractivity contribution is 5.95. The van der Waals surface area contributed by atoms with Gasteiger partial charge in [0.05, 0.1) is 6.10 Å². The van der Waals surface area contributed by atoms with Crippen LogP contribution in [0, 0.1) is 12.7 Å². The number of nitrogens with one attached hydrogen (secondary N) is 1. The molecule has 1 amide bonds. The Kier molecular flexibility index (Phi) is 5.09. The molecule has 1 atom stereocenters. The Bertz CT molecular complexity index is 412. The van der Waals surface area contributed by atoms with Crippen molar-refractivity contribution in [2.24, 2.45) is 0 Å². The van der Waals surface area contributed by atoms with Gasteiger partial charge in [-0.3, -0.25) is 4.79 Å². The molecule has 100 valence electrons. The molecule has 5 heteroatoms. The number of carbonyl (C=O) groups excluding carboxylic acids is 1. The number of carbonyl (C=O) groups is 1. The predicted octanol–water partition coefficient (Wildman–Crippen LogP) is 1.61. The molecule has 0 bridgehead atoms. The second-order valence-corrected chi connectivity index (χ2v) is 4.32. The fraction of sp³-hybridized carbons (Fsp3) is 0.462. The lowest BCUT2D eigenvalue weighted by Gasteiger charge is -2.11. The first-order valence-electron chi connectivity index (χ1n) is 5.97. The summed E-state index contributed by atoms with van der Waals surface area (Å²) in [4.78, 5) is 11.7. The van der Waals surface area contributed by atoms with E-state index in [2.05, 4.69) is 5.32 Å². The molecular weight excluding hydrogens is 235 g/mol. The Balaban J connectivity index is 2.67. The quantitative estimate of drug-likeness (QED) is 0.699. The van der Waals surface area contributed by atoms with Crippen molar-refractivity contribution in [1.29, 1.82) is 0 Å². The molecule has 1 aromatic carbocycles. The molecule has 0 fully saturated rings. The molecule has 0 aromatic heterocycles. The number of aliphatic hydroxyl groups excluding tert-OH is 1. The average Bonchev–Trinajstić information content (AvgIpc) is 2.32. The van der Waals surface area contributed by atoms with Crippen LogP contribution >= 0.6 is 0 Å². The van der Waals surface area contributed by atoms with Gasteiger partial charge < -0.3 is 16.2 Å². The van der Waals surface area contributed by atoms with Crippen LogP contribution in [0.3, 0.4) is 0 Å². The molecule has 0 heterocycles. The van der Waals surface area contributed by atoms with Crippen LogP contribution in [0.1, 0.15) is 35.7 Å². The van der Waals surface area contributed by atoms with Gasteiger partial charge in [0.2, 0.25) is 0 Å². The average molecular weight is 254 g/mol. The van der Waals surface area contributed by atoms with E-state index in [1.54, 1.807) is 6.92 Å². The third-order valence-corrected chi connectivity index (χ3v) is 2.77. The Morgan fingerprint density at radius 1 is 1.56 bits per heavy atom. The zero-order chi connectivity index (χ0) is 13.7. The van der Waals surface area contributed by atoms with Crippen molar-refractivity contribution in [1.82, 2.24) is 5.32 Å². The number of anilines is 1. The van der Waals surface area contributed by atoms with E-state index in [9.17, 15) is 14.3 Å². The van der Waals surface area contributed by atoms with Crippen molar-refractivity contribution in [3.8, 4) is 0 Å². The number of benzene rings is 1. The van der Waals surface area contributed by atoms with Crippen LogP contribution in [0.4, 0.5) is 10.1 Å². The second kappa shape index (κ2) is 6.35. The molecule has 18 heavy (non-hydrogen) atoms. The summed E-state index contributed by atoms with van der Waals surface area (Å²) in [6.45, 7) is 3.65. The zero-order valence-corrected chi connectivity index (χ0v) is 10.7. The van der Waals surface area contributed by atoms with Gasteiger partial charge in [-0.1, -0.05) is 13.3 Å². The highest BCUT2D eigenvalue weighted by atomic mass is 19.1. The fourth-order valence-electron chi connectivity index (χ4n) is 1.58. The molecule has 0 aliphatic heterocycles. The summed E-state index contributed by atoms with van der Waals surface area (Å²) in [6, 6.07) is 2.58. The lowest BCUT2D eigenvalue weighted by atomic mass is 10.1. The first-order valence-corrected chi connectivity index (χ1v) is 5.97. The van der Waals surface area contributed by atoms with Crippen LogP contribution < -0.4 is 11.1 Å². The number of hydrogen-bond acceptors (Lipinski definition) is 3. The number of nitrogen functional groups attached to an aromatic ring is 1. The van der Waals surface area contributed by atoms with Gasteiger partial charge >= 0.3 is 0 Å². The Labute approximate surface area is 106 Å². The van der Waals surface area contributed by atoms with Crippen molar-refractivity contribution >= 4 is 11.6 Å². The van der Waals surface area contributed by atoms with Crippen LogP contribution in [-0.4, -0.2) is 23.7 Å². The van der Waals surface area contributed by atoms with Gasteiger partial charge in [0.1, 0.15) is 5.82 Å². The third-order valence-electron chi connectivity index (χ3n) is 2.77. The first-order chi connectivity index (χ1) is 8.45. The lowest BCUT2D eigenvalue weighted by Crippen LogP contribution is -2.32. The lowest BCUT2D eigenvalue weighted by molar-refractivity contribution is 0.0909. The molecule has 0 aliphatic carbocycles. The summed E-state index contributed by atoms with van der Waals surface area (Å²) in [6.07, 6.45) is 0.875. The second-order valence-electron chi connectivity index (χ2n) is 4.32. The van der Waals surface area contributed by atoms with Crippen LogP contribution in [0.25, 0.3) is 0 Å². The van der Waals surface area contributed by atoms with Crippen LogP contribution in [0.2, 0.25) is 0 Å². The predicted molar refractivity (Wildman–Crippen MR) is 68.8 cm³/mol. The maximum absolute atomic E-state index is 13.4. The molecular formula is C13H19FN2O2. The van der Waals surface area contributed by atoms with Crippen molar-refractivity contribution in [3.63, 3.8) is 0 Å². The van der Waals surface area contributed by atoms with E-state index in [-0.39, 0.29) is 17.8 Å². The molecule has 0 aliphatic rings. The van der Waals surface area contributed by atoms with Gasteiger partial charge in [0.25, 0.3) is 5.91 Å². The topological polar surface area (TPSA) is 75.3 Å². The molecule has 0 saturated carbocycles. The maximum atomic E-state index is 13.4. The van der Waals surface area contributed by atoms with Gasteiger partial charge in [-0.2, -0.15) is 0 Å². The van der Waals surface area contributed by atoms with Crippen molar-refractivity contribution in [3.05, 3.63) is 29.1 Å². The van der Waals surface area contributed by atoms with E-state index in [0.29, 0.717) is 12.0 Å².